The number of hydrogen-bond donors (Lipinski definition) is 1. The van der Waals surface area contributed by atoms with E-state index in [2.05, 4.69) is 19.3 Å². The lowest BCUT2D eigenvalue weighted by Gasteiger charge is -2.23. The van der Waals surface area contributed by atoms with Crippen molar-refractivity contribution in [2.45, 2.75) is 26.7 Å². The third-order valence-electron chi connectivity index (χ3n) is 2.21. The summed E-state index contributed by atoms with van der Waals surface area (Å²) < 4.78 is 0. The third kappa shape index (κ3) is 6.95. The average molecular weight is 189 g/mol. The van der Waals surface area contributed by atoms with Gasteiger partial charge in [0.05, 0.1) is 0 Å². The van der Waals surface area contributed by atoms with Gasteiger partial charge in [-0.15, -0.1) is 5.17 Å². The molecule has 0 aliphatic carbocycles. The van der Waals surface area contributed by atoms with Gasteiger partial charge in [-0.25, -0.2) is 5.43 Å². The fraction of sp³-hybridized carbons (Fsp3) is 1.00. The van der Waals surface area contributed by atoms with Crippen LogP contribution in [0.4, 0.5) is 0 Å². The summed E-state index contributed by atoms with van der Waals surface area (Å²) >= 11 is 0. The first-order valence-corrected chi connectivity index (χ1v) is 4.90. The highest BCUT2D eigenvalue weighted by Crippen LogP contribution is 2.06. The molecule has 0 saturated heterocycles. The van der Waals surface area contributed by atoms with Crippen LogP contribution in [0.1, 0.15) is 26.7 Å². The predicted molar refractivity (Wildman–Crippen MR) is 54.6 cm³/mol. The molecule has 0 heterocycles. The molecule has 0 aliphatic rings. The smallest absolute Gasteiger partial charge is 0.0307 e. The Morgan fingerprint density at radius 1 is 1.38 bits per heavy atom. The predicted octanol–water partition coefficient (Wildman–Crippen LogP) is 1.27. The van der Waals surface area contributed by atoms with Crippen LogP contribution >= 0.6 is 0 Å². The molecule has 1 atom stereocenters. The van der Waals surface area contributed by atoms with Crippen molar-refractivity contribution in [2.75, 3.05) is 27.7 Å². The van der Waals surface area contributed by atoms with Crippen LogP contribution in [0.25, 0.3) is 0 Å². The highest BCUT2D eigenvalue weighted by Gasteiger charge is 2.04. The molecule has 0 aromatic heterocycles. The van der Waals surface area contributed by atoms with Gasteiger partial charge >= 0.3 is 0 Å². The molecule has 0 bridgehead atoms. The molecule has 0 fully saturated rings. The van der Waals surface area contributed by atoms with Crippen molar-refractivity contribution in [3.8, 4) is 0 Å². The van der Waals surface area contributed by atoms with E-state index in [4.69, 9.17) is 4.94 Å². The van der Waals surface area contributed by atoms with Gasteiger partial charge in [-0.1, -0.05) is 20.3 Å². The fourth-order valence-corrected chi connectivity index (χ4v) is 0.897. The van der Waals surface area contributed by atoms with E-state index in [9.17, 15) is 0 Å². The van der Waals surface area contributed by atoms with Crippen molar-refractivity contribution in [1.29, 1.82) is 0 Å². The molecule has 4 heteroatoms. The maximum atomic E-state index is 5.35. The lowest BCUT2D eigenvalue weighted by molar-refractivity contribution is -0.324. The Hall–Kier alpha value is -0.160. The van der Waals surface area contributed by atoms with Gasteiger partial charge in [0.25, 0.3) is 0 Å². The summed E-state index contributed by atoms with van der Waals surface area (Å²) in [6, 6.07) is 0. The highest BCUT2D eigenvalue weighted by molar-refractivity contribution is 4.50. The molecular formula is C9H23N3O. The van der Waals surface area contributed by atoms with Crippen LogP contribution in [-0.4, -0.2) is 37.9 Å². The van der Waals surface area contributed by atoms with Gasteiger partial charge in [0, 0.05) is 27.7 Å². The number of hydroxylamine groups is 3. The normalized spacial score (nSPS) is 14.1. The largest absolute Gasteiger partial charge is 0.233 e. The first-order valence-electron chi connectivity index (χ1n) is 4.90. The summed E-state index contributed by atoms with van der Waals surface area (Å²) in [5.41, 5.74) is 2.87. The topological polar surface area (TPSA) is 27.7 Å². The number of hydrogen-bond acceptors (Lipinski definition) is 4. The Labute approximate surface area is 81.7 Å². The number of nitrogens with zero attached hydrogens (tertiary/aromatic N) is 2. The van der Waals surface area contributed by atoms with E-state index in [-0.39, 0.29) is 0 Å². The van der Waals surface area contributed by atoms with Gasteiger partial charge in [-0.3, -0.25) is 0 Å². The second-order valence-corrected chi connectivity index (χ2v) is 3.46. The summed E-state index contributed by atoms with van der Waals surface area (Å²) in [7, 11) is 5.60. The van der Waals surface area contributed by atoms with Gasteiger partial charge in [-0.05, 0) is 12.3 Å². The van der Waals surface area contributed by atoms with E-state index in [1.807, 2.05) is 26.2 Å². The summed E-state index contributed by atoms with van der Waals surface area (Å²) in [5.74, 6) is 0.769. The first-order chi connectivity index (χ1) is 6.10. The highest BCUT2D eigenvalue weighted by atomic mass is 16.9. The van der Waals surface area contributed by atoms with Gasteiger partial charge in [0.15, 0.2) is 0 Å². The van der Waals surface area contributed by atoms with E-state index in [0.29, 0.717) is 0 Å². The summed E-state index contributed by atoms with van der Waals surface area (Å²) in [6.07, 6.45) is 2.40. The molecule has 4 nitrogen and oxygen atoms in total. The van der Waals surface area contributed by atoms with Crippen molar-refractivity contribution in [3.05, 3.63) is 0 Å². The summed E-state index contributed by atoms with van der Waals surface area (Å²) in [6.45, 7) is 5.43. The number of nitrogens with one attached hydrogen (secondary N) is 1. The van der Waals surface area contributed by atoms with Crippen molar-refractivity contribution in [2.24, 2.45) is 5.92 Å². The summed E-state index contributed by atoms with van der Waals surface area (Å²) in [5, 5.41) is 3.42. The Bertz CT molecular complexity index is 121. The van der Waals surface area contributed by atoms with Gasteiger partial charge < -0.3 is 0 Å². The van der Waals surface area contributed by atoms with E-state index in [1.165, 1.54) is 12.8 Å². The third-order valence-corrected chi connectivity index (χ3v) is 2.21. The molecule has 1 N–H and O–H groups in total. The Balaban J connectivity index is 3.45. The second kappa shape index (κ2) is 7.26. The zero-order chi connectivity index (χ0) is 10.3. The monoisotopic (exact) mass is 189 g/mol. The van der Waals surface area contributed by atoms with Crippen LogP contribution < -0.4 is 5.43 Å². The molecular weight excluding hydrogens is 166 g/mol. The molecule has 0 radical (unpaired) electrons. The Morgan fingerprint density at radius 2 is 2.00 bits per heavy atom. The van der Waals surface area contributed by atoms with Gasteiger partial charge in [0.2, 0.25) is 0 Å². The number of hydrazine groups is 1. The molecule has 13 heavy (non-hydrogen) atoms. The van der Waals surface area contributed by atoms with Crippen LogP contribution in [0.2, 0.25) is 0 Å². The molecule has 80 valence electrons. The number of rotatable bonds is 7. The van der Waals surface area contributed by atoms with Crippen molar-refractivity contribution < 1.29 is 4.94 Å². The van der Waals surface area contributed by atoms with Crippen LogP contribution in [-0.2, 0) is 4.94 Å². The fourth-order valence-electron chi connectivity index (χ4n) is 0.897. The van der Waals surface area contributed by atoms with E-state index in [0.717, 1.165) is 12.5 Å². The van der Waals surface area contributed by atoms with Crippen LogP contribution in [0, 0.1) is 5.92 Å². The molecule has 0 aliphatic heterocycles. The minimum absolute atomic E-state index is 0.769. The second-order valence-electron chi connectivity index (χ2n) is 3.46. The zero-order valence-electron chi connectivity index (χ0n) is 9.50. The lowest BCUT2D eigenvalue weighted by Crippen LogP contribution is -2.38. The quantitative estimate of drug-likeness (QED) is 0.610. The average Bonchev–Trinajstić information content (AvgIpc) is 2.13. The molecule has 0 amide bonds. The molecule has 0 saturated carbocycles. The molecule has 1 unspecified atom stereocenters. The zero-order valence-corrected chi connectivity index (χ0v) is 9.50. The van der Waals surface area contributed by atoms with Crippen LogP contribution in [0.15, 0.2) is 0 Å². The van der Waals surface area contributed by atoms with E-state index >= 15 is 0 Å². The van der Waals surface area contributed by atoms with Crippen molar-refractivity contribution in [3.63, 3.8) is 0 Å². The van der Waals surface area contributed by atoms with Crippen molar-refractivity contribution >= 4 is 0 Å². The van der Waals surface area contributed by atoms with E-state index < -0.39 is 0 Å². The van der Waals surface area contributed by atoms with Gasteiger partial charge in [0.1, 0.15) is 0 Å². The Morgan fingerprint density at radius 3 is 2.46 bits per heavy atom. The molecule has 0 rings (SSSR count). The van der Waals surface area contributed by atoms with Crippen LogP contribution in [0.3, 0.4) is 0 Å². The van der Waals surface area contributed by atoms with Gasteiger partial charge in [-0.2, -0.15) is 10.0 Å². The maximum absolute atomic E-state index is 5.35. The molecule has 0 spiro atoms. The first kappa shape index (κ1) is 12.8. The Kier molecular flexibility index (Phi) is 7.17. The minimum Gasteiger partial charge on any atom is -0.233 e. The van der Waals surface area contributed by atoms with Crippen LogP contribution in [0.5, 0.6) is 0 Å². The summed E-state index contributed by atoms with van der Waals surface area (Å²) in [4.78, 5) is 5.35. The standard InChI is InChI=1S/C9H23N3O/c1-6-9(2)7-8-11(4)13-12(5)10-3/h9-10H,6-8H2,1-5H3. The maximum Gasteiger partial charge on any atom is 0.0307 e. The van der Waals surface area contributed by atoms with Crippen molar-refractivity contribution in [1.82, 2.24) is 15.7 Å². The SMILES string of the molecule is CCC(C)CCN(C)ON(C)NC. The lowest BCUT2D eigenvalue weighted by atomic mass is 10.1. The molecule has 0 aromatic carbocycles. The minimum atomic E-state index is 0.769. The van der Waals surface area contributed by atoms with E-state index in [1.54, 1.807) is 5.17 Å². The molecule has 0 aromatic rings.